The highest BCUT2D eigenvalue weighted by molar-refractivity contribution is 7.80. The van der Waals surface area contributed by atoms with Crippen molar-refractivity contribution in [1.82, 2.24) is 10.3 Å². The Morgan fingerprint density at radius 3 is 2.73 bits per heavy atom. The van der Waals surface area contributed by atoms with Crippen LogP contribution in [-0.4, -0.2) is 36.3 Å². The van der Waals surface area contributed by atoms with Crippen LogP contribution in [-0.2, 0) is 0 Å². The molecule has 166 valence electrons. The number of carbonyl (C=O) groups excluding carboxylic acids is 1. The molecule has 0 bridgehead atoms. The van der Waals surface area contributed by atoms with E-state index in [0.29, 0.717) is 58.7 Å². The highest BCUT2D eigenvalue weighted by Gasteiger charge is 2.16. The molecule has 1 aliphatic heterocycles. The second-order valence-corrected chi connectivity index (χ2v) is 7.61. The Morgan fingerprint density at radius 2 is 1.88 bits per heavy atom. The van der Waals surface area contributed by atoms with Crippen LogP contribution >= 0.6 is 12.2 Å². The quantitative estimate of drug-likeness (QED) is 0.432. The first-order chi connectivity index (χ1) is 16.1. The van der Waals surface area contributed by atoms with Gasteiger partial charge in [0.2, 0.25) is 5.89 Å². The van der Waals surface area contributed by atoms with E-state index in [2.05, 4.69) is 15.6 Å². The topological polar surface area (TPSA) is 94.9 Å². The number of nitrogens with zero attached hydrogens (tertiary/aromatic N) is 1. The number of thiocarbonyl (C=S) groups is 1. The molecule has 2 heterocycles. The van der Waals surface area contributed by atoms with E-state index in [4.69, 9.17) is 30.8 Å². The van der Waals surface area contributed by atoms with Gasteiger partial charge < -0.3 is 23.9 Å². The number of aromatic nitrogens is 1. The summed E-state index contributed by atoms with van der Waals surface area (Å²) in [7, 11) is 1.60. The fourth-order valence-electron chi connectivity index (χ4n) is 3.41. The Kier molecular flexibility index (Phi) is 5.54. The summed E-state index contributed by atoms with van der Waals surface area (Å²) in [6, 6.07) is 17.8. The Morgan fingerprint density at radius 1 is 1.03 bits per heavy atom. The first-order valence-electron chi connectivity index (χ1n) is 10.2. The molecular weight excluding hydrogens is 442 g/mol. The van der Waals surface area contributed by atoms with Crippen LogP contribution in [0.1, 0.15) is 10.4 Å². The summed E-state index contributed by atoms with van der Waals surface area (Å²) in [4.78, 5) is 17.1. The molecule has 0 atom stereocenters. The summed E-state index contributed by atoms with van der Waals surface area (Å²) in [5.74, 6) is 1.97. The number of hydrogen-bond donors (Lipinski definition) is 2. The molecule has 0 aliphatic carbocycles. The van der Waals surface area contributed by atoms with E-state index in [1.807, 2.05) is 42.5 Å². The third-order valence-electron chi connectivity index (χ3n) is 4.99. The van der Waals surface area contributed by atoms with Gasteiger partial charge in [-0.15, -0.1) is 0 Å². The second-order valence-electron chi connectivity index (χ2n) is 7.20. The number of fused-ring (bicyclic) bond motifs is 2. The zero-order valence-electron chi connectivity index (χ0n) is 17.6. The van der Waals surface area contributed by atoms with E-state index in [0.717, 1.165) is 5.56 Å². The van der Waals surface area contributed by atoms with Gasteiger partial charge in [0, 0.05) is 22.9 Å². The Labute approximate surface area is 194 Å². The molecule has 0 unspecified atom stereocenters. The Hall–Kier alpha value is -4.11. The molecule has 0 saturated carbocycles. The van der Waals surface area contributed by atoms with Crippen molar-refractivity contribution in [2.75, 3.05) is 25.6 Å². The van der Waals surface area contributed by atoms with Crippen molar-refractivity contribution in [3.63, 3.8) is 0 Å². The summed E-state index contributed by atoms with van der Waals surface area (Å²) in [5, 5.41) is 5.86. The lowest BCUT2D eigenvalue weighted by atomic mass is 10.2. The van der Waals surface area contributed by atoms with E-state index < -0.39 is 0 Å². The molecule has 4 aromatic rings. The van der Waals surface area contributed by atoms with Crippen LogP contribution in [0.2, 0.25) is 0 Å². The molecule has 2 N–H and O–H groups in total. The van der Waals surface area contributed by atoms with Crippen molar-refractivity contribution in [1.29, 1.82) is 0 Å². The molecule has 33 heavy (non-hydrogen) atoms. The van der Waals surface area contributed by atoms with Crippen molar-refractivity contribution in [2.24, 2.45) is 0 Å². The fraction of sp³-hybridized carbons (Fsp3) is 0.125. The molecule has 8 nitrogen and oxygen atoms in total. The predicted molar refractivity (Wildman–Crippen MR) is 127 cm³/mol. The largest absolute Gasteiger partial charge is 0.497 e. The van der Waals surface area contributed by atoms with E-state index in [-0.39, 0.29) is 11.0 Å². The zero-order chi connectivity index (χ0) is 22.8. The molecule has 0 saturated heterocycles. The zero-order valence-corrected chi connectivity index (χ0v) is 18.4. The van der Waals surface area contributed by atoms with Gasteiger partial charge >= 0.3 is 0 Å². The van der Waals surface area contributed by atoms with Crippen molar-refractivity contribution in [2.45, 2.75) is 0 Å². The molecule has 1 amide bonds. The molecule has 0 spiro atoms. The molecule has 1 aromatic heterocycles. The summed E-state index contributed by atoms with van der Waals surface area (Å²) < 4.78 is 22.1. The van der Waals surface area contributed by atoms with Crippen LogP contribution in [0.3, 0.4) is 0 Å². The highest BCUT2D eigenvalue weighted by Crippen LogP contribution is 2.31. The smallest absolute Gasteiger partial charge is 0.257 e. The van der Waals surface area contributed by atoms with Crippen LogP contribution in [0.5, 0.6) is 17.2 Å². The molecule has 5 rings (SSSR count). The van der Waals surface area contributed by atoms with E-state index in [1.54, 1.807) is 25.3 Å². The second kappa shape index (κ2) is 8.79. The number of anilines is 1. The number of carbonyl (C=O) groups is 1. The third kappa shape index (κ3) is 4.44. The minimum Gasteiger partial charge on any atom is -0.497 e. The first-order valence-corrected chi connectivity index (χ1v) is 10.6. The van der Waals surface area contributed by atoms with E-state index >= 15 is 0 Å². The first kappa shape index (κ1) is 20.8. The summed E-state index contributed by atoms with van der Waals surface area (Å²) in [5.41, 5.74) is 3.21. The van der Waals surface area contributed by atoms with Gasteiger partial charge in [-0.1, -0.05) is 6.07 Å². The number of oxazole rings is 1. The van der Waals surface area contributed by atoms with Crippen molar-refractivity contribution < 1.29 is 23.4 Å². The van der Waals surface area contributed by atoms with Crippen LogP contribution in [0, 0.1) is 0 Å². The number of nitrogens with one attached hydrogen (secondary N) is 2. The average molecular weight is 461 g/mol. The van der Waals surface area contributed by atoms with Crippen molar-refractivity contribution in [3.8, 4) is 28.7 Å². The number of rotatable bonds is 4. The number of ether oxygens (including phenoxy) is 3. The number of benzene rings is 3. The van der Waals surface area contributed by atoms with Gasteiger partial charge in [0.05, 0.1) is 7.11 Å². The molecule has 0 radical (unpaired) electrons. The maximum absolute atomic E-state index is 12.6. The molecule has 0 fully saturated rings. The number of amides is 1. The SMILES string of the molecule is COc1ccc2oc(-c3cccc(NC(=S)NC(=O)c4ccc5c(c4)OCCO5)c3)nc2c1. The standard InChI is InChI=1S/C24H19N3O5S/c1-29-17-6-8-19-18(13-17)26-23(32-19)15-3-2-4-16(11-15)25-24(33)27-22(28)14-5-7-20-21(12-14)31-10-9-30-20/h2-8,11-13H,9-10H2,1H3,(H2,25,27,28,33). The lowest BCUT2D eigenvalue weighted by Gasteiger charge is -2.18. The van der Waals surface area contributed by atoms with E-state index in [1.165, 1.54) is 0 Å². The number of hydrogen-bond acceptors (Lipinski definition) is 7. The van der Waals surface area contributed by atoms with Crippen LogP contribution in [0.25, 0.3) is 22.6 Å². The summed E-state index contributed by atoms with van der Waals surface area (Å²) in [6.07, 6.45) is 0. The van der Waals surface area contributed by atoms with E-state index in [9.17, 15) is 4.79 Å². The van der Waals surface area contributed by atoms with Gasteiger partial charge in [-0.25, -0.2) is 4.98 Å². The van der Waals surface area contributed by atoms with Crippen molar-refractivity contribution in [3.05, 3.63) is 66.2 Å². The average Bonchev–Trinajstić information content (AvgIpc) is 3.27. The molecule has 1 aliphatic rings. The van der Waals surface area contributed by atoms with Gasteiger partial charge in [0.1, 0.15) is 24.5 Å². The van der Waals surface area contributed by atoms with Gasteiger partial charge in [-0.3, -0.25) is 10.1 Å². The minimum absolute atomic E-state index is 0.161. The van der Waals surface area contributed by atoms with Crippen molar-refractivity contribution >= 4 is 40.0 Å². The molecule has 3 aromatic carbocycles. The van der Waals surface area contributed by atoms with Crippen LogP contribution in [0.4, 0.5) is 5.69 Å². The maximum Gasteiger partial charge on any atom is 0.257 e. The molecule has 9 heteroatoms. The van der Waals surface area contributed by atoms with Gasteiger partial charge in [0.25, 0.3) is 5.91 Å². The Balaban J connectivity index is 1.28. The van der Waals surface area contributed by atoms with Gasteiger partial charge in [-0.2, -0.15) is 0 Å². The summed E-state index contributed by atoms with van der Waals surface area (Å²) >= 11 is 5.32. The minimum atomic E-state index is -0.353. The highest BCUT2D eigenvalue weighted by atomic mass is 32.1. The number of methoxy groups -OCH3 is 1. The molecular formula is C24H19N3O5S. The lowest BCUT2D eigenvalue weighted by molar-refractivity contribution is 0.0976. The monoisotopic (exact) mass is 461 g/mol. The van der Waals surface area contributed by atoms with Gasteiger partial charge in [-0.05, 0) is 60.7 Å². The maximum atomic E-state index is 12.6. The normalized spacial score (nSPS) is 12.3. The Bertz CT molecular complexity index is 1370. The summed E-state index contributed by atoms with van der Waals surface area (Å²) in [6.45, 7) is 0.936. The third-order valence-corrected chi connectivity index (χ3v) is 5.20. The van der Waals surface area contributed by atoms with Gasteiger partial charge in [0.15, 0.2) is 22.2 Å². The van der Waals surface area contributed by atoms with Crippen LogP contribution in [0.15, 0.2) is 65.1 Å². The lowest BCUT2D eigenvalue weighted by Crippen LogP contribution is -2.34. The fourth-order valence-corrected chi connectivity index (χ4v) is 3.62. The van der Waals surface area contributed by atoms with Crippen LogP contribution < -0.4 is 24.8 Å². The predicted octanol–water partition coefficient (Wildman–Crippen LogP) is 4.40.